The molecule has 124 valence electrons. The zero-order valence-corrected chi connectivity index (χ0v) is 15.4. The lowest BCUT2D eigenvalue weighted by molar-refractivity contribution is -0.122. The van der Waals surface area contributed by atoms with Gasteiger partial charge in [0.05, 0.1) is 12.2 Å². The van der Waals surface area contributed by atoms with Gasteiger partial charge in [-0.1, -0.05) is 27.5 Å². The van der Waals surface area contributed by atoms with Crippen molar-refractivity contribution in [3.63, 3.8) is 0 Å². The van der Waals surface area contributed by atoms with Gasteiger partial charge in [0.2, 0.25) is 5.91 Å². The minimum Gasteiger partial charge on any atom is -0.339 e. The fraction of sp³-hybridized carbons (Fsp3) is 0.500. The van der Waals surface area contributed by atoms with Crippen LogP contribution in [0.1, 0.15) is 30.9 Å². The standard InChI is InChI=1S/C14H20BrClN4O.ClH/c1-17-6-2-3-14(21)18-13-8-12(19-20-13)10-7-9(15)4-5-11(10)16;/h4-5,7,12-13,17,19-20H,2-3,6,8H2,1H3,(H,18,21);1H. The zero-order chi connectivity index (χ0) is 15.2. The van der Waals surface area contributed by atoms with E-state index in [0.717, 1.165) is 34.4 Å². The van der Waals surface area contributed by atoms with E-state index in [0.29, 0.717) is 6.42 Å². The van der Waals surface area contributed by atoms with Crippen LogP contribution in [-0.4, -0.2) is 25.7 Å². The van der Waals surface area contributed by atoms with Crippen molar-refractivity contribution in [1.29, 1.82) is 0 Å². The van der Waals surface area contributed by atoms with Crippen LogP contribution in [0.15, 0.2) is 22.7 Å². The Labute approximate surface area is 150 Å². The summed E-state index contributed by atoms with van der Waals surface area (Å²) in [5, 5.41) is 6.73. The molecule has 2 unspecified atom stereocenters. The van der Waals surface area contributed by atoms with Gasteiger partial charge in [-0.3, -0.25) is 4.79 Å². The van der Waals surface area contributed by atoms with E-state index < -0.39 is 0 Å². The van der Waals surface area contributed by atoms with Crippen molar-refractivity contribution in [3.05, 3.63) is 33.3 Å². The smallest absolute Gasteiger partial charge is 0.221 e. The first-order valence-corrected chi connectivity index (χ1v) is 8.17. The van der Waals surface area contributed by atoms with Crippen molar-refractivity contribution in [2.75, 3.05) is 13.6 Å². The fourth-order valence-electron chi connectivity index (χ4n) is 2.33. The molecule has 5 nitrogen and oxygen atoms in total. The molecule has 0 bridgehead atoms. The lowest BCUT2D eigenvalue weighted by Gasteiger charge is -2.13. The Morgan fingerprint density at radius 3 is 2.95 bits per heavy atom. The van der Waals surface area contributed by atoms with Crippen molar-refractivity contribution < 1.29 is 4.79 Å². The summed E-state index contributed by atoms with van der Waals surface area (Å²) in [6.45, 7) is 0.847. The van der Waals surface area contributed by atoms with Crippen molar-refractivity contribution in [1.82, 2.24) is 21.5 Å². The van der Waals surface area contributed by atoms with Crippen molar-refractivity contribution in [2.45, 2.75) is 31.5 Å². The molecule has 0 aromatic heterocycles. The van der Waals surface area contributed by atoms with E-state index in [4.69, 9.17) is 11.6 Å². The molecule has 1 fully saturated rings. The zero-order valence-electron chi connectivity index (χ0n) is 12.3. The number of hydrazine groups is 1. The van der Waals surface area contributed by atoms with E-state index in [1.807, 2.05) is 25.2 Å². The van der Waals surface area contributed by atoms with Crippen LogP contribution >= 0.6 is 39.9 Å². The monoisotopic (exact) mass is 410 g/mol. The first-order chi connectivity index (χ1) is 10.1. The van der Waals surface area contributed by atoms with Crippen molar-refractivity contribution >= 4 is 45.8 Å². The minimum absolute atomic E-state index is 0. The van der Waals surface area contributed by atoms with Crippen molar-refractivity contribution in [2.24, 2.45) is 0 Å². The van der Waals surface area contributed by atoms with Crippen molar-refractivity contribution in [3.8, 4) is 0 Å². The molecule has 0 radical (unpaired) electrons. The Bertz CT molecular complexity index is 504. The topological polar surface area (TPSA) is 65.2 Å². The number of amides is 1. The highest BCUT2D eigenvalue weighted by molar-refractivity contribution is 9.10. The molecule has 1 aliphatic heterocycles. The molecule has 22 heavy (non-hydrogen) atoms. The van der Waals surface area contributed by atoms with Gasteiger partial charge in [-0.15, -0.1) is 12.4 Å². The Hall–Kier alpha value is -0.370. The van der Waals surface area contributed by atoms with E-state index in [2.05, 4.69) is 37.4 Å². The number of nitrogens with one attached hydrogen (secondary N) is 4. The van der Waals surface area contributed by atoms with Crippen LogP contribution in [0.5, 0.6) is 0 Å². The van der Waals surface area contributed by atoms with Gasteiger partial charge in [-0.05, 0) is 43.8 Å². The van der Waals surface area contributed by atoms with Gasteiger partial charge in [0.1, 0.15) is 0 Å². The molecule has 2 rings (SSSR count). The van der Waals surface area contributed by atoms with Crippen LogP contribution in [0, 0.1) is 0 Å². The first kappa shape index (κ1) is 19.7. The molecule has 1 aromatic carbocycles. The highest BCUT2D eigenvalue weighted by Crippen LogP contribution is 2.30. The number of rotatable bonds is 6. The van der Waals surface area contributed by atoms with Gasteiger partial charge in [0.15, 0.2) is 0 Å². The summed E-state index contributed by atoms with van der Waals surface area (Å²) in [7, 11) is 1.88. The molecule has 1 amide bonds. The number of hydrogen-bond donors (Lipinski definition) is 4. The van der Waals surface area contributed by atoms with E-state index in [9.17, 15) is 4.79 Å². The predicted octanol–water partition coefficient (Wildman–Crippen LogP) is 2.51. The fourth-order valence-corrected chi connectivity index (χ4v) is 2.96. The van der Waals surface area contributed by atoms with Crippen LogP contribution < -0.4 is 21.5 Å². The first-order valence-electron chi connectivity index (χ1n) is 7.00. The maximum absolute atomic E-state index is 11.8. The third-order valence-corrected chi connectivity index (χ3v) is 4.24. The summed E-state index contributed by atoms with van der Waals surface area (Å²) in [6.07, 6.45) is 2.05. The van der Waals surface area contributed by atoms with Gasteiger partial charge in [-0.25, -0.2) is 10.9 Å². The maximum atomic E-state index is 11.8. The molecule has 8 heteroatoms. The molecule has 0 spiro atoms. The second-order valence-electron chi connectivity index (χ2n) is 5.07. The third kappa shape index (κ3) is 5.68. The number of carbonyl (C=O) groups is 1. The summed E-state index contributed by atoms with van der Waals surface area (Å²) in [5.41, 5.74) is 7.30. The number of halogens is 3. The van der Waals surface area contributed by atoms with Gasteiger partial charge < -0.3 is 10.6 Å². The highest BCUT2D eigenvalue weighted by atomic mass is 79.9. The molecule has 1 heterocycles. The minimum atomic E-state index is -0.0767. The molecule has 1 saturated heterocycles. The van der Waals surface area contributed by atoms with E-state index in [1.54, 1.807) is 0 Å². The molecule has 4 N–H and O–H groups in total. The van der Waals surface area contributed by atoms with Gasteiger partial charge in [-0.2, -0.15) is 0 Å². The SMILES string of the molecule is CNCCCC(=O)NC1CC(c2cc(Br)ccc2Cl)NN1.Cl. The summed E-state index contributed by atoms with van der Waals surface area (Å²) in [6, 6.07) is 5.86. The van der Waals surface area contributed by atoms with Crippen LogP contribution in [0.2, 0.25) is 5.02 Å². The Morgan fingerprint density at radius 2 is 2.23 bits per heavy atom. The number of hydrogen-bond acceptors (Lipinski definition) is 4. The van der Waals surface area contributed by atoms with Crippen LogP contribution in [0.25, 0.3) is 0 Å². The third-order valence-electron chi connectivity index (χ3n) is 3.40. The Balaban J connectivity index is 0.00000242. The molecule has 0 saturated carbocycles. The molecular weight excluding hydrogens is 391 g/mol. The summed E-state index contributed by atoms with van der Waals surface area (Å²) >= 11 is 9.68. The van der Waals surface area contributed by atoms with Crippen LogP contribution in [0.4, 0.5) is 0 Å². The van der Waals surface area contributed by atoms with E-state index in [-0.39, 0.29) is 30.5 Å². The van der Waals surface area contributed by atoms with E-state index >= 15 is 0 Å². The van der Waals surface area contributed by atoms with Gasteiger partial charge in [0.25, 0.3) is 0 Å². The average Bonchev–Trinajstić information content (AvgIpc) is 2.90. The molecule has 2 atom stereocenters. The van der Waals surface area contributed by atoms with Gasteiger partial charge in [0, 0.05) is 22.3 Å². The normalized spacial score (nSPS) is 20.5. The van der Waals surface area contributed by atoms with Gasteiger partial charge >= 0.3 is 0 Å². The second-order valence-corrected chi connectivity index (χ2v) is 6.39. The largest absolute Gasteiger partial charge is 0.339 e. The molecule has 0 aliphatic carbocycles. The van der Waals surface area contributed by atoms with E-state index in [1.165, 1.54) is 0 Å². The van der Waals surface area contributed by atoms with Crippen LogP contribution in [-0.2, 0) is 4.79 Å². The molecule has 1 aromatic rings. The lowest BCUT2D eigenvalue weighted by Crippen LogP contribution is -2.44. The average molecular weight is 412 g/mol. The predicted molar refractivity (Wildman–Crippen MR) is 95.1 cm³/mol. The Kier molecular flexibility index (Phi) is 8.67. The highest BCUT2D eigenvalue weighted by Gasteiger charge is 2.27. The Morgan fingerprint density at radius 1 is 1.45 bits per heavy atom. The second kappa shape index (κ2) is 9.70. The number of benzene rings is 1. The quantitative estimate of drug-likeness (QED) is 0.543. The summed E-state index contributed by atoms with van der Waals surface area (Å²) < 4.78 is 0.989. The maximum Gasteiger partial charge on any atom is 0.221 e. The summed E-state index contributed by atoms with van der Waals surface area (Å²) in [5.74, 6) is 0.0607. The number of carbonyl (C=O) groups excluding carboxylic acids is 1. The summed E-state index contributed by atoms with van der Waals surface area (Å²) in [4.78, 5) is 11.8. The molecule has 1 aliphatic rings. The molecular formula is C14H21BrCl2N4O. The lowest BCUT2D eigenvalue weighted by atomic mass is 10.0. The van der Waals surface area contributed by atoms with Crippen LogP contribution in [0.3, 0.4) is 0 Å².